The van der Waals surface area contributed by atoms with Gasteiger partial charge < -0.3 is 14.4 Å². The van der Waals surface area contributed by atoms with Gasteiger partial charge in [-0.25, -0.2) is 9.59 Å². The molecule has 30 heavy (non-hydrogen) atoms. The first kappa shape index (κ1) is 21.6. The van der Waals surface area contributed by atoms with Gasteiger partial charge in [-0.05, 0) is 48.3 Å². The number of hydrogen-bond donors (Lipinski definition) is 0. The van der Waals surface area contributed by atoms with E-state index >= 15 is 0 Å². The smallest absolute Gasteiger partial charge is 0.410 e. The number of esters is 1. The van der Waals surface area contributed by atoms with Crippen LogP contribution in [0.5, 0.6) is 0 Å². The predicted molar refractivity (Wildman–Crippen MR) is 117 cm³/mol. The standard InChI is InChI=1S/C25H29NO4/c1-29-24(27)18-23(22-10-6-3-7-11-22)13-12-20-14-16-26(17-15-20)25(28)30-19-21-8-4-2-5-9-21/h2-11,18,20H,12-17,19H2,1H3. The van der Waals surface area contributed by atoms with Crippen LogP contribution in [0.15, 0.2) is 66.7 Å². The minimum atomic E-state index is -0.329. The van der Waals surface area contributed by atoms with Crippen LogP contribution in [0.1, 0.15) is 36.8 Å². The summed E-state index contributed by atoms with van der Waals surface area (Å²) in [4.78, 5) is 25.9. The van der Waals surface area contributed by atoms with E-state index in [2.05, 4.69) is 0 Å². The van der Waals surface area contributed by atoms with E-state index < -0.39 is 0 Å². The third-order valence-corrected chi connectivity index (χ3v) is 5.54. The zero-order valence-corrected chi connectivity index (χ0v) is 17.5. The molecule has 0 unspecified atom stereocenters. The summed E-state index contributed by atoms with van der Waals surface area (Å²) in [6.45, 7) is 1.72. The normalized spacial score (nSPS) is 15.0. The van der Waals surface area contributed by atoms with Gasteiger partial charge in [0.25, 0.3) is 0 Å². The maximum absolute atomic E-state index is 12.3. The van der Waals surface area contributed by atoms with Gasteiger partial charge in [-0.15, -0.1) is 0 Å². The number of hydrogen-bond acceptors (Lipinski definition) is 4. The largest absolute Gasteiger partial charge is 0.466 e. The van der Waals surface area contributed by atoms with Crippen LogP contribution in [-0.2, 0) is 20.9 Å². The van der Waals surface area contributed by atoms with Crippen LogP contribution in [0.3, 0.4) is 0 Å². The van der Waals surface area contributed by atoms with Crippen molar-refractivity contribution in [3.63, 3.8) is 0 Å². The van der Waals surface area contributed by atoms with Gasteiger partial charge in [-0.2, -0.15) is 0 Å². The molecule has 2 aromatic rings. The molecule has 3 rings (SSSR count). The number of piperidine rings is 1. The fraction of sp³-hybridized carbons (Fsp3) is 0.360. The number of ether oxygens (including phenoxy) is 2. The summed E-state index contributed by atoms with van der Waals surface area (Å²) >= 11 is 0. The minimum absolute atomic E-state index is 0.243. The van der Waals surface area contributed by atoms with Crippen LogP contribution in [0.25, 0.3) is 5.57 Å². The SMILES string of the molecule is COC(=O)C=C(CCC1CCN(C(=O)OCc2ccccc2)CC1)c1ccccc1. The van der Waals surface area contributed by atoms with E-state index in [9.17, 15) is 9.59 Å². The zero-order chi connectivity index (χ0) is 21.2. The highest BCUT2D eigenvalue weighted by atomic mass is 16.6. The molecule has 158 valence electrons. The Morgan fingerprint density at radius 3 is 2.27 bits per heavy atom. The minimum Gasteiger partial charge on any atom is -0.466 e. The highest BCUT2D eigenvalue weighted by Crippen LogP contribution is 2.28. The molecule has 0 radical (unpaired) electrons. The molecule has 2 aromatic carbocycles. The molecule has 1 aliphatic rings. The molecule has 0 aromatic heterocycles. The van der Waals surface area contributed by atoms with Crippen molar-refractivity contribution < 1.29 is 19.1 Å². The second-order valence-electron chi connectivity index (χ2n) is 7.57. The molecular formula is C25H29NO4. The Labute approximate surface area is 178 Å². The lowest BCUT2D eigenvalue weighted by atomic mass is 9.89. The number of rotatable bonds is 7. The molecule has 1 saturated heterocycles. The molecule has 0 bridgehead atoms. The number of allylic oxidation sites excluding steroid dienone is 1. The van der Waals surface area contributed by atoms with Gasteiger partial charge in [0.15, 0.2) is 0 Å². The lowest BCUT2D eigenvalue weighted by Crippen LogP contribution is -2.38. The molecule has 1 fully saturated rings. The van der Waals surface area contributed by atoms with Gasteiger partial charge in [0.1, 0.15) is 6.61 Å². The van der Waals surface area contributed by atoms with E-state index in [1.54, 1.807) is 11.0 Å². The Bertz CT molecular complexity index is 840. The topological polar surface area (TPSA) is 55.8 Å². The molecule has 0 saturated carbocycles. The average Bonchev–Trinajstić information content (AvgIpc) is 2.81. The monoisotopic (exact) mass is 407 g/mol. The lowest BCUT2D eigenvalue weighted by Gasteiger charge is -2.31. The van der Waals surface area contributed by atoms with Gasteiger partial charge in [0, 0.05) is 19.2 Å². The Hall–Kier alpha value is -3.08. The second-order valence-corrected chi connectivity index (χ2v) is 7.57. The molecule has 5 heteroatoms. The maximum Gasteiger partial charge on any atom is 0.410 e. The summed E-state index contributed by atoms with van der Waals surface area (Å²) in [5.74, 6) is 0.192. The van der Waals surface area contributed by atoms with Gasteiger partial charge in [-0.3, -0.25) is 0 Å². The van der Waals surface area contributed by atoms with Gasteiger partial charge in [0.2, 0.25) is 0 Å². The maximum atomic E-state index is 12.3. The van der Waals surface area contributed by atoms with Crippen molar-refractivity contribution in [1.82, 2.24) is 4.90 Å². The predicted octanol–water partition coefficient (Wildman–Crippen LogP) is 5.07. The van der Waals surface area contributed by atoms with Gasteiger partial charge >= 0.3 is 12.1 Å². The van der Waals surface area contributed by atoms with Crippen molar-refractivity contribution >= 4 is 17.6 Å². The number of carbonyl (C=O) groups is 2. The third-order valence-electron chi connectivity index (χ3n) is 5.54. The van der Waals surface area contributed by atoms with Gasteiger partial charge in [0.05, 0.1) is 7.11 Å². The van der Waals surface area contributed by atoms with E-state index in [0.717, 1.165) is 42.4 Å². The molecule has 0 aliphatic carbocycles. The Balaban J connectivity index is 1.47. The fourth-order valence-corrected chi connectivity index (χ4v) is 3.73. The van der Waals surface area contributed by atoms with Crippen LogP contribution < -0.4 is 0 Å². The summed E-state index contributed by atoms with van der Waals surface area (Å²) in [6, 6.07) is 19.7. The Morgan fingerprint density at radius 1 is 1.00 bits per heavy atom. The van der Waals surface area contributed by atoms with Crippen LogP contribution in [-0.4, -0.2) is 37.2 Å². The molecule has 0 N–H and O–H groups in total. The van der Waals surface area contributed by atoms with Gasteiger partial charge in [-0.1, -0.05) is 60.7 Å². The molecule has 1 amide bonds. The quantitative estimate of drug-likeness (QED) is 0.475. The number of carbonyl (C=O) groups excluding carboxylic acids is 2. The fourth-order valence-electron chi connectivity index (χ4n) is 3.73. The molecule has 0 spiro atoms. The molecule has 5 nitrogen and oxygen atoms in total. The van der Waals surface area contributed by atoms with E-state index in [0.29, 0.717) is 25.6 Å². The highest BCUT2D eigenvalue weighted by molar-refractivity contribution is 5.91. The van der Waals surface area contributed by atoms with Crippen LogP contribution >= 0.6 is 0 Å². The third kappa shape index (κ3) is 6.48. The number of likely N-dealkylation sites (tertiary alicyclic amines) is 1. The second kappa shape index (κ2) is 11.2. The summed E-state index contributed by atoms with van der Waals surface area (Å²) in [5.41, 5.74) is 3.03. The Morgan fingerprint density at radius 2 is 1.63 bits per heavy atom. The summed E-state index contributed by atoms with van der Waals surface area (Å²) in [5, 5.41) is 0. The Kier molecular flexibility index (Phi) is 8.07. The van der Waals surface area contributed by atoms with Crippen molar-refractivity contribution in [2.24, 2.45) is 5.92 Å². The first-order valence-corrected chi connectivity index (χ1v) is 10.5. The van der Waals surface area contributed by atoms with E-state index in [1.165, 1.54) is 7.11 Å². The van der Waals surface area contributed by atoms with Crippen LogP contribution in [0, 0.1) is 5.92 Å². The first-order chi connectivity index (χ1) is 14.7. The van der Waals surface area contributed by atoms with E-state index in [-0.39, 0.29) is 12.1 Å². The van der Waals surface area contributed by atoms with Crippen molar-refractivity contribution in [2.75, 3.05) is 20.2 Å². The van der Waals surface area contributed by atoms with E-state index in [1.807, 2.05) is 60.7 Å². The number of nitrogens with zero attached hydrogens (tertiary/aromatic N) is 1. The number of methoxy groups -OCH3 is 1. The lowest BCUT2D eigenvalue weighted by molar-refractivity contribution is -0.134. The molecule has 0 atom stereocenters. The van der Waals surface area contributed by atoms with Crippen molar-refractivity contribution in [3.05, 3.63) is 77.9 Å². The first-order valence-electron chi connectivity index (χ1n) is 10.5. The van der Waals surface area contributed by atoms with Crippen molar-refractivity contribution in [1.29, 1.82) is 0 Å². The number of benzene rings is 2. The van der Waals surface area contributed by atoms with E-state index in [4.69, 9.17) is 9.47 Å². The number of amides is 1. The molecular weight excluding hydrogens is 378 g/mol. The summed E-state index contributed by atoms with van der Waals surface area (Å²) in [7, 11) is 1.40. The van der Waals surface area contributed by atoms with Crippen molar-refractivity contribution in [2.45, 2.75) is 32.3 Å². The zero-order valence-electron chi connectivity index (χ0n) is 17.5. The van der Waals surface area contributed by atoms with Crippen LogP contribution in [0.4, 0.5) is 4.79 Å². The highest BCUT2D eigenvalue weighted by Gasteiger charge is 2.24. The summed E-state index contributed by atoms with van der Waals surface area (Å²) < 4.78 is 10.3. The summed E-state index contributed by atoms with van der Waals surface area (Å²) in [6.07, 6.45) is 5.02. The molecule has 1 aliphatic heterocycles. The average molecular weight is 408 g/mol. The van der Waals surface area contributed by atoms with Crippen molar-refractivity contribution in [3.8, 4) is 0 Å². The van der Waals surface area contributed by atoms with Crippen LogP contribution in [0.2, 0.25) is 0 Å². The molecule has 1 heterocycles.